The maximum atomic E-state index is 13.4. The minimum Gasteiger partial charge on any atom is -0.299 e. The van der Waals surface area contributed by atoms with Crippen LogP contribution in [0.4, 0.5) is 8.78 Å². The zero-order chi connectivity index (χ0) is 18.9. The standard InChI is InChI=1S/C22H25F2N3/c1-16-21-12-19(5-4-18(21)3-2-8-26-16)20-11-17(13-25-14-20)15-27-9-6-22(23,24)7-10-27/h4-5,11-14H,2-3,6-10,15H2,1H3. The van der Waals surface area contributed by atoms with E-state index in [1.165, 1.54) is 11.1 Å². The molecule has 1 aromatic heterocycles. The largest absolute Gasteiger partial charge is 0.299 e. The predicted octanol–water partition coefficient (Wildman–Crippen LogP) is 4.73. The van der Waals surface area contributed by atoms with Crippen molar-refractivity contribution in [2.75, 3.05) is 19.6 Å². The first-order valence-electron chi connectivity index (χ1n) is 9.69. The van der Waals surface area contributed by atoms with Crippen LogP contribution in [0.2, 0.25) is 0 Å². The molecule has 0 amide bonds. The molecule has 1 aromatic carbocycles. The molecule has 3 nitrogen and oxygen atoms in total. The summed E-state index contributed by atoms with van der Waals surface area (Å²) in [6.07, 6.45) is 5.77. The van der Waals surface area contributed by atoms with Crippen molar-refractivity contribution in [3.8, 4) is 11.1 Å². The van der Waals surface area contributed by atoms with Crippen LogP contribution in [0.3, 0.4) is 0 Å². The van der Waals surface area contributed by atoms with E-state index in [2.05, 4.69) is 46.1 Å². The molecule has 2 aliphatic rings. The lowest BCUT2D eigenvalue weighted by atomic mass is 9.95. The molecule has 0 bridgehead atoms. The number of piperidine rings is 1. The number of fused-ring (bicyclic) bond motifs is 1. The van der Waals surface area contributed by atoms with Gasteiger partial charge in [0, 0.05) is 62.7 Å². The van der Waals surface area contributed by atoms with Gasteiger partial charge in [0.15, 0.2) is 0 Å². The third kappa shape index (κ3) is 4.24. The Kier molecular flexibility index (Phi) is 5.04. The third-order valence-corrected chi connectivity index (χ3v) is 5.57. The second kappa shape index (κ2) is 7.47. The SMILES string of the molecule is CC1=NCCCc2ccc(-c3cncc(CN4CCC(F)(F)CC4)c3)cc21. The van der Waals surface area contributed by atoms with Crippen molar-refractivity contribution >= 4 is 5.71 Å². The van der Waals surface area contributed by atoms with Crippen molar-refractivity contribution in [1.29, 1.82) is 0 Å². The Morgan fingerprint density at radius 1 is 1.07 bits per heavy atom. The molecular weight excluding hydrogens is 344 g/mol. The fraction of sp³-hybridized carbons (Fsp3) is 0.455. The summed E-state index contributed by atoms with van der Waals surface area (Å²) in [6, 6.07) is 8.69. The van der Waals surface area contributed by atoms with Gasteiger partial charge in [-0.3, -0.25) is 14.9 Å². The third-order valence-electron chi connectivity index (χ3n) is 5.57. The van der Waals surface area contributed by atoms with Crippen molar-refractivity contribution in [3.63, 3.8) is 0 Å². The predicted molar refractivity (Wildman–Crippen MR) is 105 cm³/mol. The molecule has 0 aliphatic carbocycles. The number of nitrogens with zero attached hydrogens (tertiary/aromatic N) is 3. The lowest BCUT2D eigenvalue weighted by Gasteiger charge is -2.31. The first-order chi connectivity index (χ1) is 13.0. The molecular formula is C22H25F2N3. The summed E-state index contributed by atoms with van der Waals surface area (Å²) in [5, 5.41) is 0. The van der Waals surface area contributed by atoms with Gasteiger partial charge in [-0.1, -0.05) is 12.1 Å². The number of halogens is 2. The van der Waals surface area contributed by atoms with Crippen LogP contribution in [0, 0.1) is 0 Å². The van der Waals surface area contributed by atoms with Crippen molar-refractivity contribution < 1.29 is 8.78 Å². The lowest BCUT2D eigenvalue weighted by Crippen LogP contribution is -2.38. The summed E-state index contributed by atoms with van der Waals surface area (Å²) in [5.74, 6) is -2.50. The van der Waals surface area contributed by atoms with Gasteiger partial charge in [-0.25, -0.2) is 8.78 Å². The minimum atomic E-state index is -2.50. The first kappa shape index (κ1) is 18.2. The number of aryl methyl sites for hydroxylation is 1. The van der Waals surface area contributed by atoms with Gasteiger partial charge in [-0.05, 0) is 54.2 Å². The van der Waals surface area contributed by atoms with Gasteiger partial charge < -0.3 is 0 Å². The maximum Gasteiger partial charge on any atom is 0.250 e. The number of benzene rings is 1. The van der Waals surface area contributed by atoms with Crippen molar-refractivity contribution in [2.24, 2.45) is 4.99 Å². The van der Waals surface area contributed by atoms with Gasteiger partial charge in [-0.15, -0.1) is 0 Å². The van der Waals surface area contributed by atoms with Gasteiger partial charge in [-0.2, -0.15) is 0 Å². The molecule has 0 unspecified atom stereocenters. The molecule has 0 radical (unpaired) electrons. The molecule has 0 saturated carbocycles. The number of aliphatic imine (C=N–C) groups is 1. The zero-order valence-electron chi connectivity index (χ0n) is 15.7. The first-order valence-corrected chi connectivity index (χ1v) is 9.69. The summed E-state index contributed by atoms with van der Waals surface area (Å²) < 4.78 is 26.7. The molecule has 4 rings (SSSR count). The van der Waals surface area contributed by atoms with Crippen molar-refractivity contribution in [1.82, 2.24) is 9.88 Å². The van der Waals surface area contributed by atoms with Crippen LogP contribution in [0.15, 0.2) is 41.7 Å². The second-order valence-corrected chi connectivity index (χ2v) is 7.66. The van der Waals surface area contributed by atoms with Crippen molar-refractivity contribution in [2.45, 2.75) is 45.1 Å². The molecule has 2 aliphatic heterocycles. The molecule has 3 heterocycles. The Morgan fingerprint density at radius 3 is 2.70 bits per heavy atom. The summed E-state index contributed by atoms with van der Waals surface area (Å²) in [5.41, 5.74) is 6.95. The van der Waals surface area contributed by atoms with Gasteiger partial charge in [0.2, 0.25) is 0 Å². The quantitative estimate of drug-likeness (QED) is 0.782. The molecule has 5 heteroatoms. The van der Waals surface area contributed by atoms with Crippen LogP contribution in [0.25, 0.3) is 11.1 Å². The van der Waals surface area contributed by atoms with E-state index in [9.17, 15) is 8.78 Å². The number of hydrogen-bond acceptors (Lipinski definition) is 3. The normalized spacial score (nSPS) is 19.9. The lowest BCUT2D eigenvalue weighted by molar-refractivity contribution is -0.0566. The van der Waals surface area contributed by atoms with Gasteiger partial charge in [0.1, 0.15) is 0 Å². The van der Waals surface area contributed by atoms with E-state index in [0.717, 1.165) is 41.8 Å². The summed E-state index contributed by atoms with van der Waals surface area (Å²) in [7, 11) is 0. The molecule has 27 heavy (non-hydrogen) atoms. The number of alkyl halides is 2. The summed E-state index contributed by atoms with van der Waals surface area (Å²) in [6.45, 7) is 4.51. The van der Waals surface area contributed by atoms with Crippen LogP contribution < -0.4 is 0 Å². The van der Waals surface area contributed by atoms with E-state index in [4.69, 9.17) is 0 Å². The number of likely N-dealkylation sites (tertiary alicyclic amines) is 1. The van der Waals surface area contributed by atoms with E-state index in [1.54, 1.807) is 0 Å². The van der Waals surface area contributed by atoms with Gasteiger partial charge in [0.05, 0.1) is 0 Å². The Hall–Kier alpha value is -2.14. The number of rotatable bonds is 3. The van der Waals surface area contributed by atoms with E-state index in [0.29, 0.717) is 19.6 Å². The Bertz CT molecular complexity index is 850. The highest BCUT2D eigenvalue weighted by molar-refractivity contribution is 6.01. The van der Waals surface area contributed by atoms with Crippen LogP contribution in [0.1, 0.15) is 42.9 Å². The molecule has 142 valence electrons. The molecule has 0 spiro atoms. The number of pyridine rings is 1. The number of aromatic nitrogens is 1. The summed E-state index contributed by atoms with van der Waals surface area (Å²) >= 11 is 0. The maximum absolute atomic E-state index is 13.4. The second-order valence-electron chi connectivity index (χ2n) is 7.66. The average Bonchev–Trinajstić information content (AvgIpc) is 2.85. The fourth-order valence-corrected chi connectivity index (χ4v) is 3.94. The van der Waals surface area contributed by atoms with Gasteiger partial charge >= 0.3 is 0 Å². The van der Waals surface area contributed by atoms with Crippen LogP contribution in [0.5, 0.6) is 0 Å². The molecule has 1 saturated heterocycles. The van der Waals surface area contributed by atoms with E-state index in [-0.39, 0.29) is 12.8 Å². The highest BCUT2D eigenvalue weighted by Crippen LogP contribution is 2.29. The Labute approximate surface area is 159 Å². The molecule has 1 fully saturated rings. The number of hydrogen-bond donors (Lipinski definition) is 0. The van der Waals surface area contributed by atoms with Crippen LogP contribution in [-0.4, -0.2) is 41.2 Å². The van der Waals surface area contributed by atoms with E-state index in [1.807, 2.05) is 12.4 Å². The van der Waals surface area contributed by atoms with Crippen LogP contribution >= 0.6 is 0 Å². The Morgan fingerprint density at radius 2 is 1.89 bits per heavy atom. The minimum absolute atomic E-state index is 0.0520. The average molecular weight is 369 g/mol. The molecule has 0 atom stereocenters. The molecule has 2 aromatic rings. The fourth-order valence-electron chi connectivity index (χ4n) is 3.94. The smallest absolute Gasteiger partial charge is 0.250 e. The van der Waals surface area contributed by atoms with E-state index >= 15 is 0 Å². The van der Waals surface area contributed by atoms with Gasteiger partial charge in [0.25, 0.3) is 5.92 Å². The highest BCUT2D eigenvalue weighted by atomic mass is 19.3. The van der Waals surface area contributed by atoms with Crippen LogP contribution in [-0.2, 0) is 13.0 Å². The van der Waals surface area contributed by atoms with E-state index < -0.39 is 5.92 Å². The molecule has 0 N–H and O–H groups in total. The topological polar surface area (TPSA) is 28.5 Å². The Balaban J connectivity index is 1.54. The zero-order valence-corrected chi connectivity index (χ0v) is 15.7. The van der Waals surface area contributed by atoms with Crippen molar-refractivity contribution in [3.05, 3.63) is 53.3 Å². The highest BCUT2D eigenvalue weighted by Gasteiger charge is 2.33. The summed E-state index contributed by atoms with van der Waals surface area (Å²) in [4.78, 5) is 11.1. The monoisotopic (exact) mass is 369 g/mol.